The van der Waals surface area contributed by atoms with Crippen LogP contribution >= 0.6 is 0 Å². The molecule has 1 aliphatic rings. The fraction of sp³-hybridized carbons (Fsp3) is 0.400. The molecule has 0 aromatic heterocycles. The average Bonchev–Trinajstić information content (AvgIpc) is 2.71. The van der Waals surface area contributed by atoms with Gasteiger partial charge in [-0.2, -0.15) is 4.72 Å². The number of anilines is 1. The lowest BCUT2D eigenvalue weighted by molar-refractivity contribution is -0.145. The molecule has 1 heterocycles. The van der Waals surface area contributed by atoms with E-state index in [1.807, 2.05) is 0 Å². The normalized spacial score (nSPS) is 16.8. The molecule has 180 valence electrons. The Hall–Kier alpha value is -3.45. The highest BCUT2D eigenvalue weighted by Crippen LogP contribution is 2.16. The molecule has 33 heavy (non-hydrogen) atoms. The van der Waals surface area contributed by atoms with Gasteiger partial charge in [0.2, 0.25) is 15.9 Å². The fourth-order valence-corrected chi connectivity index (χ4v) is 4.12. The minimum Gasteiger partial charge on any atom is -0.463 e. The fourth-order valence-electron chi connectivity index (χ4n) is 2.93. The highest BCUT2D eigenvalue weighted by atomic mass is 32.2. The van der Waals surface area contributed by atoms with Gasteiger partial charge < -0.3 is 25.4 Å². The van der Waals surface area contributed by atoms with Gasteiger partial charge >= 0.3 is 18.0 Å². The van der Waals surface area contributed by atoms with E-state index >= 15 is 0 Å². The lowest BCUT2D eigenvalue weighted by atomic mass is 10.0. The number of amides is 3. The van der Waals surface area contributed by atoms with Gasteiger partial charge in [-0.05, 0) is 45.0 Å². The second kappa shape index (κ2) is 10.9. The van der Waals surface area contributed by atoms with E-state index in [4.69, 9.17) is 9.47 Å². The predicted molar refractivity (Wildman–Crippen MR) is 116 cm³/mol. The van der Waals surface area contributed by atoms with E-state index < -0.39 is 46.7 Å². The Morgan fingerprint density at radius 1 is 1.15 bits per heavy atom. The molecule has 2 atom stereocenters. The zero-order valence-electron chi connectivity index (χ0n) is 18.6. The van der Waals surface area contributed by atoms with Crippen molar-refractivity contribution in [2.24, 2.45) is 0 Å². The molecule has 0 bridgehead atoms. The van der Waals surface area contributed by atoms with E-state index in [1.165, 1.54) is 38.1 Å². The van der Waals surface area contributed by atoms with Crippen molar-refractivity contribution in [1.29, 1.82) is 0 Å². The molecule has 1 aromatic carbocycles. The molecule has 1 aromatic rings. The number of hydrogen-bond acceptors (Lipinski definition) is 8. The van der Waals surface area contributed by atoms with Gasteiger partial charge in [0.1, 0.15) is 12.6 Å². The minimum absolute atomic E-state index is 0.0432. The van der Waals surface area contributed by atoms with Gasteiger partial charge in [0.25, 0.3) is 0 Å². The average molecular weight is 483 g/mol. The molecule has 3 amide bonds. The first-order valence-corrected chi connectivity index (χ1v) is 11.5. The van der Waals surface area contributed by atoms with Crippen molar-refractivity contribution in [1.82, 2.24) is 15.4 Å². The van der Waals surface area contributed by atoms with E-state index in [0.29, 0.717) is 5.69 Å². The summed E-state index contributed by atoms with van der Waals surface area (Å²) in [5.74, 6) is -1.91. The summed E-state index contributed by atoms with van der Waals surface area (Å²) < 4.78 is 37.4. The summed E-state index contributed by atoms with van der Waals surface area (Å²) in [6, 6.07) is 2.82. The maximum atomic E-state index is 12.5. The summed E-state index contributed by atoms with van der Waals surface area (Å²) in [7, 11) is -4.07. The number of esters is 2. The van der Waals surface area contributed by atoms with Crippen molar-refractivity contribution in [3.63, 3.8) is 0 Å². The van der Waals surface area contributed by atoms with Crippen LogP contribution in [0.5, 0.6) is 0 Å². The Morgan fingerprint density at radius 3 is 2.36 bits per heavy atom. The van der Waals surface area contributed by atoms with Crippen LogP contribution in [0.2, 0.25) is 0 Å². The minimum atomic E-state index is -4.07. The molecule has 0 saturated carbocycles. The summed E-state index contributed by atoms with van der Waals surface area (Å²) in [6.07, 6.45) is 0. The molecule has 0 saturated heterocycles. The molecule has 0 spiro atoms. The summed E-state index contributed by atoms with van der Waals surface area (Å²) in [4.78, 5) is 47.3. The highest BCUT2D eigenvalue weighted by Gasteiger charge is 2.31. The number of urea groups is 1. The maximum Gasteiger partial charge on any atom is 0.338 e. The van der Waals surface area contributed by atoms with Crippen molar-refractivity contribution >= 4 is 39.6 Å². The zero-order valence-corrected chi connectivity index (χ0v) is 19.4. The third-order valence-corrected chi connectivity index (χ3v) is 5.95. The molecule has 1 aliphatic heterocycles. The third-order valence-electron chi connectivity index (χ3n) is 4.39. The number of rotatable bonds is 9. The topological polar surface area (TPSA) is 169 Å². The number of hydrogen-bond donors (Lipinski definition) is 4. The van der Waals surface area contributed by atoms with Gasteiger partial charge in [0.15, 0.2) is 0 Å². The van der Waals surface area contributed by atoms with Crippen LogP contribution in [0.15, 0.2) is 40.4 Å². The largest absolute Gasteiger partial charge is 0.463 e. The maximum absolute atomic E-state index is 12.5. The zero-order chi connectivity index (χ0) is 24.8. The second-order valence-corrected chi connectivity index (χ2v) is 8.80. The van der Waals surface area contributed by atoms with E-state index in [1.54, 1.807) is 13.8 Å². The van der Waals surface area contributed by atoms with Crippen molar-refractivity contribution in [2.75, 3.05) is 18.5 Å². The summed E-state index contributed by atoms with van der Waals surface area (Å²) in [5, 5.41) is 7.43. The molecular formula is C20H26N4O8S. The van der Waals surface area contributed by atoms with Crippen LogP contribution in [0.1, 0.15) is 27.7 Å². The predicted octanol–water partition coefficient (Wildman–Crippen LogP) is 0.374. The smallest absolute Gasteiger partial charge is 0.338 e. The van der Waals surface area contributed by atoms with Gasteiger partial charge in [-0.3, -0.25) is 9.59 Å². The molecule has 12 nitrogen and oxygen atoms in total. The highest BCUT2D eigenvalue weighted by molar-refractivity contribution is 7.89. The van der Waals surface area contributed by atoms with E-state index in [0.717, 1.165) is 0 Å². The summed E-state index contributed by atoms with van der Waals surface area (Å²) in [6.45, 7) is 5.44. The summed E-state index contributed by atoms with van der Waals surface area (Å²) >= 11 is 0. The Bertz CT molecular complexity index is 1070. The molecule has 0 unspecified atom stereocenters. The van der Waals surface area contributed by atoms with Crippen LogP contribution in [0.25, 0.3) is 0 Å². The second-order valence-electron chi connectivity index (χ2n) is 7.09. The number of carbonyl (C=O) groups excluding carboxylic acids is 4. The molecule has 2 rings (SSSR count). The van der Waals surface area contributed by atoms with Crippen molar-refractivity contribution in [3.05, 3.63) is 35.5 Å². The lowest BCUT2D eigenvalue weighted by Gasteiger charge is -2.26. The SMILES string of the molecule is CCOC(=O)C1=C(COC(=O)[C@H](C)NS(=O)(=O)c2ccc(NC(C)=O)cc2)NC(=O)N[C@@H]1C. The van der Waals surface area contributed by atoms with Gasteiger partial charge in [-0.25, -0.2) is 18.0 Å². The molecule has 4 N–H and O–H groups in total. The monoisotopic (exact) mass is 482 g/mol. The standard InChI is InChI=1S/C20H26N4O8S/c1-5-31-19(27)17-11(2)21-20(28)23-16(17)10-32-18(26)12(3)24-33(29,30)15-8-6-14(7-9-15)22-13(4)25/h6-9,11-12,24H,5,10H2,1-4H3,(H,22,25)(H2,21,23,28)/t11-,12+/m1/s1. The number of nitrogens with one attached hydrogen (secondary N) is 4. The first-order valence-electron chi connectivity index (χ1n) is 9.99. The van der Waals surface area contributed by atoms with Crippen LogP contribution in [0.4, 0.5) is 10.5 Å². The van der Waals surface area contributed by atoms with Crippen LogP contribution < -0.4 is 20.7 Å². The quantitative estimate of drug-likeness (QED) is 0.366. The third kappa shape index (κ3) is 7.02. The van der Waals surface area contributed by atoms with Crippen LogP contribution in [-0.4, -0.2) is 57.6 Å². The van der Waals surface area contributed by atoms with Crippen molar-refractivity contribution in [3.8, 4) is 0 Å². The van der Waals surface area contributed by atoms with Gasteiger partial charge in [-0.15, -0.1) is 0 Å². The van der Waals surface area contributed by atoms with E-state index in [-0.39, 0.29) is 28.7 Å². The Labute approximate surface area is 191 Å². The first kappa shape index (κ1) is 25.8. The van der Waals surface area contributed by atoms with E-state index in [9.17, 15) is 27.6 Å². The van der Waals surface area contributed by atoms with Gasteiger partial charge in [0.05, 0.1) is 28.8 Å². The number of carbonyl (C=O) groups is 4. The molecular weight excluding hydrogens is 456 g/mol. The Balaban J connectivity index is 2.07. The Morgan fingerprint density at radius 2 is 1.79 bits per heavy atom. The Kier molecular flexibility index (Phi) is 8.54. The van der Waals surface area contributed by atoms with Gasteiger partial charge in [-0.1, -0.05) is 0 Å². The number of benzene rings is 1. The van der Waals surface area contributed by atoms with Crippen LogP contribution in [0, 0.1) is 0 Å². The van der Waals surface area contributed by atoms with E-state index in [2.05, 4.69) is 20.7 Å². The molecule has 0 aliphatic carbocycles. The van der Waals surface area contributed by atoms with Crippen LogP contribution in [0.3, 0.4) is 0 Å². The lowest BCUT2D eigenvalue weighted by Crippen LogP contribution is -2.50. The van der Waals surface area contributed by atoms with Crippen LogP contribution in [-0.2, 0) is 33.9 Å². The number of sulfonamides is 1. The van der Waals surface area contributed by atoms with Gasteiger partial charge in [0, 0.05) is 12.6 Å². The molecule has 13 heteroatoms. The number of ether oxygens (including phenoxy) is 2. The first-order chi connectivity index (χ1) is 15.4. The van der Waals surface area contributed by atoms with Crippen molar-refractivity contribution < 1.29 is 37.1 Å². The molecule has 0 fully saturated rings. The summed E-state index contributed by atoms with van der Waals surface area (Å²) in [5.41, 5.74) is 0.552. The molecule has 0 radical (unpaired) electrons. The van der Waals surface area contributed by atoms with Crippen molar-refractivity contribution in [2.45, 2.75) is 44.7 Å².